The van der Waals surface area contributed by atoms with Crippen molar-refractivity contribution in [2.45, 2.75) is 12.7 Å². The van der Waals surface area contributed by atoms with Crippen molar-refractivity contribution < 1.29 is 18.0 Å². The van der Waals surface area contributed by atoms with Gasteiger partial charge in [0.25, 0.3) is 5.91 Å². The van der Waals surface area contributed by atoms with E-state index in [-0.39, 0.29) is 12.5 Å². The molecule has 0 aliphatic heterocycles. The molecule has 1 heterocycles. The summed E-state index contributed by atoms with van der Waals surface area (Å²) in [4.78, 5) is 21.3. The second-order valence-corrected chi connectivity index (χ2v) is 7.15. The maximum atomic E-state index is 13.6. The number of carbonyl (C=O) groups is 1. The van der Waals surface area contributed by atoms with E-state index in [0.717, 1.165) is 16.2 Å². The summed E-state index contributed by atoms with van der Waals surface area (Å²) in [5.41, 5.74) is -0.579. The Morgan fingerprint density at radius 3 is 2.52 bits per heavy atom. The molecule has 150 valence electrons. The molecule has 9 heteroatoms. The van der Waals surface area contributed by atoms with Crippen LogP contribution in [0.25, 0.3) is 0 Å². The highest BCUT2D eigenvalue weighted by Crippen LogP contribution is 2.32. The smallest absolute Gasteiger partial charge is 0.337 e. The number of anilines is 2. The van der Waals surface area contributed by atoms with E-state index in [1.54, 1.807) is 48.5 Å². The van der Waals surface area contributed by atoms with Crippen molar-refractivity contribution in [1.82, 2.24) is 14.9 Å². The zero-order valence-electron chi connectivity index (χ0n) is 15.2. The van der Waals surface area contributed by atoms with Crippen molar-refractivity contribution in [3.8, 4) is 0 Å². The molecule has 1 amide bonds. The van der Waals surface area contributed by atoms with Gasteiger partial charge in [-0.25, -0.2) is 9.97 Å². The number of hydrogen-bond donors (Lipinski definition) is 1. The monoisotopic (exact) mass is 464 g/mol. The number of carbonyl (C=O) groups excluding carboxylic acids is 1. The van der Waals surface area contributed by atoms with E-state index in [1.165, 1.54) is 11.9 Å². The fourth-order valence-corrected chi connectivity index (χ4v) is 3.04. The van der Waals surface area contributed by atoms with E-state index in [1.807, 2.05) is 6.07 Å². The van der Waals surface area contributed by atoms with Crippen molar-refractivity contribution in [2.75, 3.05) is 12.4 Å². The summed E-state index contributed by atoms with van der Waals surface area (Å²) in [5.74, 6) is -1.06. The minimum absolute atomic E-state index is 0.162. The molecule has 0 fully saturated rings. The number of alkyl halides is 3. The average molecular weight is 465 g/mol. The van der Waals surface area contributed by atoms with E-state index in [9.17, 15) is 18.0 Å². The largest absolute Gasteiger partial charge is 0.434 e. The van der Waals surface area contributed by atoms with Crippen LogP contribution < -0.4 is 5.32 Å². The van der Waals surface area contributed by atoms with Crippen molar-refractivity contribution >= 4 is 33.5 Å². The normalized spacial score (nSPS) is 11.2. The third kappa shape index (κ3) is 5.32. The van der Waals surface area contributed by atoms with Crippen molar-refractivity contribution in [3.63, 3.8) is 0 Å². The Morgan fingerprint density at radius 1 is 1.14 bits per heavy atom. The van der Waals surface area contributed by atoms with Crippen molar-refractivity contribution in [3.05, 3.63) is 82.1 Å². The van der Waals surface area contributed by atoms with Gasteiger partial charge < -0.3 is 10.2 Å². The maximum Gasteiger partial charge on any atom is 0.434 e. The zero-order chi connectivity index (χ0) is 21.0. The highest BCUT2D eigenvalue weighted by molar-refractivity contribution is 9.10. The van der Waals surface area contributed by atoms with Gasteiger partial charge in [-0.3, -0.25) is 4.79 Å². The average Bonchev–Trinajstić information content (AvgIpc) is 2.67. The predicted molar refractivity (Wildman–Crippen MR) is 107 cm³/mol. The summed E-state index contributed by atoms with van der Waals surface area (Å²) in [7, 11) is 1.43. The third-order valence-electron chi connectivity index (χ3n) is 3.98. The van der Waals surface area contributed by atoms with Gasteiger partial charge in [0, 0.05) is 29.9 Å². The first-order valence-corrected chi connectivity index (χ1v) is 9.29. The Balaban J connectivity index is 1.88. The van der Waals surface area contributed by atoms with E-state index in [4.69, 9.17) is 0 Å². The molecular weight excluding hydrogens is 449 g/mol. The Kier molecular flexibility index (Phi) is 6.17. The fourth-order valence-electron chi connectivity index (χ4n) is 2.64. The number of nitrogens with one attached hydrogen (secondary N) is 1. The topological polar surface area (TPSA) is 58.1 Å². The van der Waals surface area contributed by atoms with Gasteiger partial charge in [-0.1, -0.05) is 52.3 Å². The summed E-state index contributed by atoms with van der Waals surface area (Å²) >= 11 is 3.28. The SMILES string of the molecule is CN(Cc1ccccc1)C(=O)c1cnc(Nc2cccc(Br)c2)nc1C(F)(F)F. The predicted octanol–water partition coefficient (Wildman–Crippen LogP) is 5.27. The molecule has 5 nitrogen and oxygen atoms in total. The van der Waals surface area contributed by atoms with Crippen LogP contribution in [-0.2, 0) is 12.7 Å². The summed E-state index contributed by atoms with van der Waals surface area (Å²) in [6.07, 6.45) is -3.91. The van der Waals surface area contributed by atoms with Crippen LogP contribution in [0.3, 0.4) is 0 Å². The van der Waals surface area contributed by atoms with Crippen LogP contribution in [-0.4, -0.2) is 27.8 Å². The number of aromatic nitrogens is 2. The molecule has 0 saturated carbocycles. The number of amides is 1. The van der Waals surface area contributed by atoms with E-state index in [2.05, 4.69) is 31.2 Å². The minimum atomic E-state index is -4.81. The van der Waals surface area contributed by atoms with Crippen LogP contribution >= 0.6 is 15.9 Å². The van der Waals surface area contributed by atoms with Crippen LogP contribution in [0, 0.1) is 0 Å². The molecule has 2 aromatic carbocycles. The van der Waals surface area contributed by atoms with Crippen LogP contribution in [0.15, 0.2) is 65.3 Å². The fraction of sp³-hybridized carbons (Fsp3) is 0.150. The van der Waals surface area contributed by atoms with E-state index >= 15 is 0 Å². The Labute approximate surface area is 173 Å². The molecule has 0 aliphatic carbocycles. The minimum Gasteiger partial charge on any atom is -0.337 e. The first kappa shape index (κ1) is 20.8. The first-order chi connectivity index (χ1) is 13.7. The molecule has 0 aliphatic rings. The number of rotatable bonds is 5. The highest BCUT2D eigenvalue weighted by atomic mass is 79.9. The molecule has 0 bridgehead atoms. The molecular formula is C20H16BrF3N4O. The summed E-state index contributed by atoms with van der Waals surface area (Å²) < 4.78 is 41.5. The lowest BCUT2D eigenvalue weighted by molar-refractivity contribution is -0.141. The summed E-state index contributed by atoms with van der Waals surface area (Å²) in [5, 5.41) is 2.72. The van der Waals surface area contributed by atoms with Gasteiger partial charge in [0.15, 0.2) is 5.69 Å². The molecule has 1 N–H and O–H groups in total. The summed E-state index contributed by atoms with van der Waals surface area (Å²) in [6, 6.07) is 15.8. The van der Waals surface area contributed by atoms with Crippen molar-refractivity contribution in [2.24, 2.45) is 0 Å². The quantitative estimate of drug-likeness (QED) is 0.558. The number of halogens is 4. The summed E-state index contributed by atoms with van der Waals surface area (Å²) in [6.45, 7) is 0.162. The lowest BCUT2D eigenvalue weighted by atomic mass is 10.1. The zero-order valence-corrected chi connectivity index (χ0v) is 16.8. The molecule has 0 spiro atoms. The Hall–Kier alpha value is -2.94. The van der Waals surface area contributed by atoms with Crippen LogP contribution in [0.4, 0.5) is 24.8 Å². The number of hydrogen-bond acceptors (Lipinski definition) is 4. The van der Waals surface area contributed by atoms with Crippen LogP contribution in [0.1, 0.15) is 21.6 Å². The van der Waals surface area contributed by atoms with Crippen LogP contribution in [0.5, 0.6) is 0 Å². The van der Waals surface area contributed by atoms with E-state index in [0.29, 0.717) is 5.69 Å². The van der Waals surface area contributed by atoms with E-state index < -0.39 is 23.3 Å². The Morgan fingerprint density at radius 2 is 1.86 bits per heavy atom. The van der Waals surface area contributed by atoms with Gasteiger partial charge in [0.05, 0.1) is 5.56 Å². The number of nitrogens with zero attached hydrogens (tertiary/aromatic N) is 3. The molecule has 0 unspecified atom stereocenters. The molecule has 29 heavy (non-hydrogen) atoms. The van der Waals surface area contributed by atoms with Gasteiger partial charge in [0.1, 0.15) is 0 Å². The molecule has 0 radical (unpaired) electrons. The van der Waals surface area contributed by atoms with Crippen molar-refractivity contribution in [1.29, 1.82) is 0 Å². The first-order valence-electron chi connectivity index (χ1n) is 8.50. The third-order valence-corrected chi connectivity index (χ3v) is 4.47. The second kappa shape index (κ2) is 8.60. The Bertz CT molecular complexity index is 1010. The maximum absolute atomic E-state index is 13.6. The number of benzene rings is 2. The van der Waals surface area contributed by atoms with Gasteiger partial charge in [-0.05, 0) is 23.8 Å². The van der Waals surface area contributed by atoms with Crippen LogP contribution in [0.2, 0.25) is 0 Å². The lowest BCUT2D eigenvalue weighted by Gasteiger charge is -2.20. The molecule has 3 aromatic rings. The standard InChI is InChI=1S/C20H16BrF3N4O/c1-28(12-13-6-3-2-4-7-13)18(29)16-11-25-19(27-17(16)20(22,23)24)26-15-9-5-8-14(21)10-15/h2-11H,12H2,1H3,(H,25,26,27). The molecule has 3 rings (SSSR count). The molecule has 1 aromatic heterocycles. The van der Waals surface area contributed by atoms with Gasteiger partial charge in [-0.15, -0.1) is 0 Å². The second-order valence-electron chi connectivity index (χ2n) is 6.24. The lowest BCUT2D eigenvalue weighted by Crippen LogP contribution is -2.29. The van der Waals surface area contributed by atoms with Gasteiger partial charge in [-0.2, -0.15) is 13.2 Å². The highest BCUT2D eigenvalue weighted by Gasteiger charge is 2.38. The molecule has 0 saturated heterocycles. The van der Waals surface area contributed by atoms with Gasteiger partial charge >= 0.3 is 6.18 Å². The molecule has 0 atom stereocenters. The van der Waals surface area contributed by atoms with Gasteiger partial charge in [0.2, 0.25) is 5.95 Å².